The van der Waals surface area contributed by atoms with Gasteiger partial charge in [-0.2, -0.15) is 0 Å². The van der Waals surface area contributed by atoms with Crippen LogP contribution in [0.2, 0.25) is 0 Å². The summed E-state index contributed by atoms with van der Waals surface area (Å²) in [4.78, 5) is 0. The molecular weight excluding hydrogens is 252 g/mol. The van der Waals surface area contributed by atoms with E-state index in [9.17, 15) is 0 Å². The van der Waals surface area contributed by atoms with Gasteiger partial charge in [-0.05, 0) is 34.6 Å². The maximum Gasteiger partial charge on any atom is 0.412 e. The minimum atomic E-state index is -1.30. The molecule has 19 heavy (non-hydrogen) atoms. The fraction of sp³-hybridized carbons (Fsp3) is 1.00. The van der Waals surface area contributed by atoms with E-state index in [2.05, 4.69) is 9.47 Å². The van der Waals surface area contributed by atoms with Gasteiger partial charge in [0.05, 0.1) is 26.4 Å². The molecule has 0 saturated carbocycles. The standard InChI is InChI=1S/C9H20O4.C4H10O2/c1-5-10-9(11-6-2,12-7-3)13-8-4;1-4(5-2)6-3/h5-8H2,1-4H3;4H,1-3H3. The van der Waals surface area contributed by atoms with Crippen molar-refractivity contribution in [1.82, 2.24) is 0 Å². The van der Waals surface area contributed by atoms with Crippen LogP contribution in [0.1, 0.15) is 34.6 Å². The minimum absolute atomic E-state index is 0.0648. The molecule has 6 heteroatoms. The van der Waals surface area contributed by atoms with Gasteiger partial charge in [0.25, 0.3) is 0 Å². The van der Waals surface area contributed by atoms with Crippen LogP contribution in [0, 0.1) is 0 Å². The van der Waals surface area contributed by atoms with E-state index in [-0.39, 0.29) is 6.29 Å². The third-order valence-electron chi connectivity index (χ3n) is 1.95. The third-order valence-corrected chi connectivity index (χ3v) is 1.95. The van der Waals surface area contributed by atoms with E-state index in [1.165, 1.54) is 0 Å². The SMILES string of the molecule is CCOC(OCC)(OCC)OCC.COC(C)OC. The second kappa shape index (κ2) is 14.2. The minimum Gasteiger partial charge on any atom is -0.356 e. The molecule has 0 amide bonds. The Kier molecular flexibility index (Phi) is 15.7. The smallest absolute Gasteiger partial charge is 0.356 e. The third kappa shape index (κ3) is 11.3. The average Bonchev–Trinajstić information content (AvgIpc) is 2.40. The zero-order chi connectivity index (χ0) is 15.1. The molecule has 0 atom stereocenters. The summed E-state index contributed by atoms with van der Waals surface area (Å²) in [6.07, 6.45) is -1.36. The van der Waals surface area contributed by atoms with E-state index in [0.29, 0.717) is 26.4 Å². The second-order valence-electron chi connectivity index (χ2n) is 3.27. The molecule has 0 radical (unpaired) electrons. The molecule has 0 aliphatic rings. The van der Waals surface area contributed by atoms with Crippen molar-refractivity contribution < 1.29 is 28.4 Å². The van der Waals surface area contributed by atoms with E-state index in [1.54, 1.807) is 14.2 Å². The summed E-state index contributed by atoms with van der Waals surface area (Å²) >= 11 is 0. The van der Waals surface area contributed by atoms with Crippen molar-refractivity contribution in [2.75, 3.05) is 40.6 Å². The molecular formula is C13H30O6. The fourth-order valence-electron chi connectivity index (χ4n) is 1.05. The Morgan fingerprint density at radius 2 is 0.947 bits per heavy atom. The van der Waals surface area contributed by atoms with Gasteiger partial charge in [-0.1, -0.05) is 0 Å². The highest BCUT2D eigenvalue weighted by Gasteiger charge is 2.33. The second-order valence-corrected chi connectivity index (χ2v) is 3.27. The molecule has 0 heterocycles. The molecule has 0 unspecified atom stereocenters. The van der Waals surface area contributed by atoms with Crippen LogP contribution in [0.3, 0.4) is 0 Å². The summed E-state index contributed by atoms with van der Waals surface area (Å²) in [5, 5.41) is 0. The van der Waals surface area contributed by atoms with E-state index in [0.717, 1.165) is 0 Å². The van der Waals surface area contributed by atoms with Gasteiger partial charge in [-0.25, -0.2) is 0 Å². The van der Waals surface area contributed by atoms with Gasteiger partial charge in [0.1, 0.15) is 0 Å². The van der Waals surface area contributed by atoms with Gasteiger partial charge < -0.3 is 28.4 Å². The lowest BCUT2D eigenvalue weighted by atomic mass is 10.7. The molecule has 0 bridgehead atoms. The van der Waals surface area contributed by atoms with Crippen molar-refractivity contribution in [1.29, 1.82) is 0 Å². The number of ether oxygens (including phenoxy) is 6. The molecule has 0 aliphatic carbocycles. The summed E-state index contributed by atoms with van der Waals surface area (Å²) < 4.78 is 30.5. The van der Waals surface area contributed by atoms with Crippen LogP contribution in [-0.4, -0.2) is 53.1 Å². The summed E-state index contributed by atoms with van der Waals surface area (Å²) in [6.45, 7) is 11.2. The summed E-state index contributed by atoms with van der Waals surface area (Å²) in [5.41, 5.74) is 0. The lowest BCUT2D eigenvalue weighted by Gasteiger charge is -2.30. The molecule has 118 valence electrons. The van der Waals surface area contributed by atoms with Crippen molar-refractivity contribution >= 4 is 0 Å². The van der Waals surface area contributed by atoms with Crippen molar-refractivity contribution in [3.8, 4) is 0 Å². The molecule has 0 aromatic carbocycles. The first-order chi connectivity index (χ1) is 9.05. The summed E-state index contributed by atoms with van der Waals surface area (Å²) in [6, 6.07) is 0. The first kappa shape index (κ1) is 21.1. The van der Waals surface area contributed by atoms with Crippen LogP contribution in [-0.2, 0) is 28.4 Å². The van der Waals surface area contributed by atoms with Gasteiger partial charge in [0.15, 0.2) is 6.29 Å². The Morgan fingerprint density at radius 1 is 0.684 bits per heavy atom. The van der Waals surface area contributed by atoms with Gasteiger partial charge in [-0.3, -0.25) is 0 Å². The molecule has 0 saturated heterocycles. The van der Waals surface area contributed by atoms with E-state index in [4.69, 9.17) is 18.9 Å². The highest BCUT2D eigenvalue weighted by atomic mass is 17.0. The Morgan fingerprint density at radius 3 is 1.05 bits per heavy atom. The van der Waals surface area contributed by atoms with Crippen LogP contribution >= 0.6 is 0 Å². The maximum absolute atomic E-state index is 5.28. The monoisotopic (exact) mass is 282 g/mol. The Bertz CT molecular complexity index is 143. The highest BCUT2D eigenvalue weighted by Crippen LogP contribution is 2.17. The first-order valence-corrected chi connectivity index (χ1v) is 6.66. The van der Waals surface area contributed by atoms with Crippen LogP contribution in [0.25, 0.3) is 0 Å². The first-order valence-electron chi connectivity index (χ1n) is 6.66. The number of methoxy groups -OCH3 is 2. The van der Waals surface area contributed by atoms with Gasteiger partial charge in [-0.15, -0.1) is 0 Å². The summed E-state index contributed by atoms with van der Waals surface area (Å²) in [5.74, 6) is 0. The zero-order valence-electron chi connectivity index (χ0n) is 13.4. The Balaban J connectivity index is 0. The van der Waals surface area contributed by atoms with E-state index in [1.807, 2.05) is 34.6 Å². The van der Waals surface area contributed by atoms with Crippen LogP contribution in [0.4, 0.5) is 0 Å². The lowest BCUT2D eigenvalue weighted by molar-refractivity contribution is -0.495. The van der Waals surface area contributed by atoms with Crippen molar-refractivity contribution in [3.05, 3.63) is 0 Å². The quantitative estimate of drug-likeness (QED) is 0.573. The molecule has 0 aromatic rings. The zero-order valence-corrected chi connectivity index (χ0v) is 13.4. The van der Waals surface area contributed by atoms with Gasteiger partial charge in [0.2, 0.25) is 0 Å². The Hall–Kier alpha value is -0.240. The van der Waals surface area contributed by atoms with Crippen molar-refractivity contribution in [2.45, 2.75) is 47.1 Å². The number of rotatable bonds is 10. The predicted molar refractivity (Wildman–Crippen MR) is 72.7 cm³/mol. The van der Waals surface area contributed by atoms with Crippen LogP contribution in [0.5, 0.6) is 0 Å². The van der Waals surface area contributed by atoms with Crippen LogP contribution < -0.4 is 0 Å². The van der Waals surface area contributed by atoms with E-state index >= 15 is 0 Å². The largest absolute Gasteiger partial charge is 0.412 e. The molecule has 0 N–H and O–H groups in total. The lowest BCUT2D eigenvalue weighted by Crippen LogP contribution is -2.42. The number of hydrogen-bond acceptors (Lipinski definition) is 6. The highest BCUT2D eigenvalue weighted by molar-refractivity contribution is 4.40. The normalized spacial score (nSPS) is 11.4. The predicted octanol–water partition coefficient (Wildman–Crippen LogP) is 2.37. The van der Waals surface area contributed by atoms with Crippen molar-refractivity contribution in [2.24, 2.45) is 0 Å². The molecule has 0 fully saturated rings. The summed E-state index contributed by atoms with van der Waals surface area (Å²) in [7, 11) is 3.21. The molecule has 0 aromatic heterocycles. The van der Waals surface area contributed by atoms with Crippen LogP contribution in [0.15, 0.2) is 0 Å². The molecule has 0 spiro atoms. The van der Waals surface area contributed by atoms with E-state index < -0.39 is 6.16 Å². The number of hydrogen-bond donors (Lipinski definition) is 0. The average molecular weight is 282 g/mol. The fourth-order valence-corrected chi connectivity index (χ4v) is 1.05. The Labute approximate surface area is 117 Å². The topological polar surface area (TPSA) is 55.4 Å². The molecule has 0 aliphatic heterocycles. The molecule has 0 rings (SSSR count). The van der Waals surface area contributed by atoms with Gasteiger partial charge in [0, 0.05) is 14.2 Å². The maximum atomic E-state index is 5.28. The molecule has 6 nitrogen and oxygen atoms in total. The van der Waals surface area contributed by atoms with Crippen molar-refractivity contribution in [3.63, 3.8) is 0 Å². The van der Waals surface area contributed by atoms with Gasteiger partial charge >= 0.3 is 6.16 Å².